The molecular formula is C17H22N2O6. The zero-order valence-electron chi connectivity index (χ0n) is 15.1. The molecule has 8 nitrogen and oxygen atoms in total. The van der Waals surface area contributed by atoms with Crippen molar-refractivity contribution in [2.24, 2.45) is 0 Å². The summed E-state index contributed by atoms with van der Waals surface area (Å²) in [6.45, 7) is 1.69. The van der Waals surface area contributed by atoms with Crippen LogP contribution in [-0.2, 0) is 9.53 Å². The summed E-state index contributed by atoms with van der Waals surface area (Å²) in [6.07, 6.45) is 0. The number of methoxy groups -OCH3 is 4. The van der Waals surface area contributed by atoms with E-state index in [2.05, 4.69) is 5.32 Å². The second kappa shape index (κ2) is 7.33. The smallest absolute Gasteiger partial charge is 0.337 e. The van der Waals surface area contributed by atoms with Gasteiger partial charge in [0.1, 0.15) is 0 Å². The summed E-state index contributed by atoms with van der Waals surface area (Å²) in [4.78, 5) is 25.9. The Labute approximate surface area is 146 Å². The van der Waals surface area contributed by atoms with Gasteiger partial charge in [-0.15, -0.1) is 0 Å². The monoisotopic (exact) mass is 350 g/mol. The van der Waals surface area contributed by atoms with E-state index in [0.29, 0.717) is 34.1 Å². The average Bonchev–Trinajstić information content (AvgIpc) is 2.63. The van der Waals surface area contributed by atoms with E-state index >= 15 is 0 Å². The first kappa shape index (κ1) is 18.4. The molecule has 1 N–H and O–H groups in total. The topological polar surface area (TPSA) is 86.3 Å². The van der Waals surface area contributed by atoms with Gasteiger partial charge in [-0.3, -0.25) is 0 Å². The van der Waals surface area contributed by atoms with E-state index in [1.54, 1.807) is 26.1 Å². The van der Waals surface area contributed by atoms with Crippen molar-refractivity contribution in [3.05, 3.63) is 29.0 Å². The molecule has 0 saturated heterocycles. The maximum atomic E-state index is 12.3. The highest BCUT2D eigenvalue weighted by Gasteiger charge is 2.35. The van der Waals surface area contributed by atoms with Crippen molar-refractivity contribution in [3.63, 3.8) is 0 Å². The molecule has 1 aliphatic rings. The van der Waals surface area contributed by atoms with E-state index in [1.165, 1.54) is 33.3 Å². The molecule has 1 atom stereocenters. The Hall–Kier alpha value is -2.90. The molecule has 0 spiro atoms. The molecule has 136 valence electrons. The van der Waals surface area contributed by atoms with Crippen LogP contribution in [0.3, 0.4) is 0 Å². The van der Waals surface area contributed by atoms with Crippen molar-refractivity contribution < 1.29 is 28.5 Å². The zero-order chi connectivity index (χ0) is 18.7. The normalized spacial score (nSPS) is 17.1. The standard InChI is InChI=1S/C17H22N2O6/c1-9-13(16(20)25-6)14(18-17(21)19(9)2)10-7-11(22-3)15(24-5)12(8-10)23-4/h7-8,14H,1-6H3,(H,18,21). The Morgan fingerprint density at radius 1 is 1.08 bits per heavy atom. The van der Waals surface area contributed by atoms with Crippen molar-refractivity contribution in [2.75, 3.05) is 35.5 Å². The largest absolute Gasteiger partial charge is 0.493 e. The van der Waals surface area contributed by atoms with Crippen LogP contribution in [-0.4, -0.2) is 52.4 Å². The summed E-state index contributed by atoms with van der Waals surface area (Å²) >= 11 is 0. The number of hydrogen-bond acceptors (Lipinski definition) is 6. The average molecular weight is 350 g/mol. The summed E-state index contributed by atoms with van der Waals surface area (Å²) < 4.78 is 20.9. The Balaban J connectivity index is 2.66. The van der Waals surface area contributed by atoms with Crippen molar-refractivity contribution >= 4 is 12.0 Å². The van der Waals surface area contributed by atoms with Crippen molar-refractivity contribution in [3.8, 4) is 17.2 Å². The van der Waals surface area contributed by atoms with Gasteiger partial charge >= 0.3 is 12.0 Å². The van der Waals surface area contributed by atoms with Gasteiger partial charge in [0.15, 0.2) is 11.5 Å². The lowest BCUT2D eigenvalue weighted by Crippen LogP contribution is -2.46. The Kier molecular flexibility index (Phi) is 5.41. The van der Waals surface area contributed by atoms with Crippen LogP contribution < -0.4 is 19.5 Å². The van der Waals surface area contributed by atoms with Gasteiger partial charge in [-0.05, 0) is 24.6 Å². The number of urea groups is 1. The van der Waals surface area contributed by atoms with Crippen LogP contribution >= 0.6 is 0 Å². The lowest BCUT2D eigenvalue weighted by molar-refractivity contribution is -0.136. The summed E-state index contributed by atoms with van der Waals surface area (Å²) in [5.41, 5.74) is 1.45. The molecule has 1 aliphatic heterocycles. The number of benzene rings is 1. The number of esters is 1. The van der Waals surface area contributed by atoms with E-state index in [9.17, 15) is 9.59 Å². The van der Waals surface area contributed by atoms with Crippen LogP contribution in [0.5, 0.6) is 17.2 Å². The van der Waals surface area contributed by atoms with Gasteiger partial charge in [0.2, 0.25) is 5.75 Å². The molecule has 8 heteroatoms. The highest BCUT2D eigenvalue weighted by molar-refractivity contribution is 5.95. The Morgan fingerprint density at radius 2 is 1.64 bits per heavy atom. The van der Waals surface area contributed by atoms with Crippen molar-refractivity contribution in [1.29, 1.82) is 0 Å². The minimum Gasteiger partial charge on any atom is -0.493 e. The maximum absolute atomic E-state index is 12.3. The fourth-order valence-corrected chi connectivity index (χ4v) is 2.73. The van der Waals surface area contributed by atoms with Crippen LogP contribution in [0.4, 0.5) is 4.79 Å². The molecule has 1 aromatic rings. The second-order valence-electron chi connectivity index (χ2n) is 5.39. The molecule has 1 aromatic carbocycles. The number of carbonyl (C=O) groups excluding carboxylic acids is 2. The number of hydrogen-bond donors (Lipinski definition) is 1. The molecule has 0 saturated carbocycles. The van der Waals surface area contributed by atoms with E-state index in [-0.39, 0.29) is 6.03 Å². The number of ether oxygens (including phenoxy) is 4. The van der Waals surface area contributed by atoms with E-state index in [1.807, 2.05) is 0 Å². The van der Waals surface area contributed by atoms with Crippen molar-refractivity contribution in [2.45, 2.75) is 13.0 Å². The fourth-order valence-electron chi connectivity index (χ4n) is 2.73. The van der Waals surface area contributed by atoms with E-state index < -0.39 is 12.0 Å². The summed E-state index contributed by atoms with van der Waals surface area (Å²) in [6, 6.07) is 2.34. The summed E-state index contributed by atoms with van der Waals surface area (Å²) in [5, 5.41) is 2.79. The highest BCUT2D eigenvalue weighted by atomic mass is 16.5. The molecule has 0 radical (unpaired) electrons. The second-order valence-corrected chi connectivity index (χ2v) is 5.39. The SMILES string of the molecule is COC(=O)C1=C(C)N(C)C(=O)NC1c1cc(OC)c(OC)c(OC)c1. The van der Waals surface area contributed by atoms with Gasteiger partial charge in [0.05, 0.1) is 40.1 Å². The number of nitrogens with one attached hydrogen (secondary N) is 1. The number of amides is 2. The van der Waals surface area contributed by atoms with Gasteiger partial charge in [0.25, 0.3) is 0 Å². The van der Waals surface area contributed by atoms with E-state index in [4.69, 9.17) is 18.9 Å². The first-order chi connectivity index (χ1) is 11.9. The first-order valence-corrected chi connectivity index (χ1v) is 7.52. The maximum Gasteiger partial charge on any atom is 0.337 e. The van der Waals surface area contributed by atoms with E-state index in [0.717, 1.165) is 0 Å². The number of carbonyl (C=O) groups is 2. The van der Waals surface area contributed by atoms with Crippen LogP contribution in [0.2, 0.25) is 0 Å². The molecule has 0 aliphatic carbocycles. The molecule has 0 fully saturated rings. The molecule has 25 heavy (non-hydrogen) atoms. The molecule has 2 rings (SSSR count). The molecule has 0 bridgehead atoms. The number of allylic oxidation sites excluding steroid dienone is 1. The lowest BCUT2D eigenvalue weighted by atomic mass is 9.94. The summed E-state index contributed by atoms with van der Waals surface area (Å²) in [7, 11) is 7.37. The molecular weight excluding hydrogens is 328 g/mol. The predicted molar refractivity (Wildman–Crippen MR) is 89.8 cm³/mol. The zero-order valence-corrected chi connectivity index (χ0v) is 15.1. The highest BCUT2D eigenvalue weighted by Crippen LogP contribution is 2.42. The third-order valence-corrected chi connectivity index (χ3v) is 4.18. The van der Waals surface area contributed by atoms with Crippen LogP contribution in [0, 0.1) is 0 Å². The Bertz CT molecular complexity index is 703. The van der Waals surface area contributed by atoms with Crippen LogP contribution in [0.15, 0.2) is 23.4 Å². The molecule has 1 unspecified atom stereocenters. The van der Waals surface area contributed by atoms with Crippen molar-refractivity contribution in [1.82, 2.24) is 10.2 Å². The van der Waals surface area contributed by atoms with Crippen LogP contribution in [0.1, 0.15) is 18.5 Å². The predicted octanol–water partition coefficient (Wildman–Crippen LogP) is 1.86. The molecule has 2 amide bonds. The number of rotatable bonds is 5. The molecule has 0 aromatic heterocycles. The minimum absolute atomic E-state index is 0.330. The summed E-state index contributed by atoms with van der Waals surface area (Å²) in [5.74, 6) is 0.746. The first-order valence-electron chi connectivity index (χ1n) is 7.52. The van der Waals surface area contributed by atoms with Gasteiger partial charge in [0, 0.05) is 12.7 Å². The van der Waals surface area contributed by atoms with Crippen LogP contribution in [0.25, 0.3) is 0 Å². The number of nitrogens with zero attached hydrogens (tertiary/aromatic N) is 1. The third kappa shape index (κ3) is 3.19. The minimum atomic E-state index is -0.704. The van der Waals surface area contributed by atoms with Gasteiger partial charge in [-0.1, -0.05) is 0 Å². The Morgan fingerprint density at radius 3 is 2.08 bits per heavy atom. The fraction of sp³-hybridized carbons (Fsp3) is 0.412. The van der Waals surface area contributed by atoms with Gasteiger partial charge in [-0.2, -0.15) is 0 Å². The van der Waals surface area contributed by atoms with Gasteiger partial charge < -0.3 is 29.2 Å². The quantitative estimate of drug-likeness (QED) is 0.816. The lowest BCUT2D eigenvalue weighted by Gasteiger charge is -2.33. The molecule has 1 heterocycles. The third-order valence-electron chi connectivity index (χ3n) is 4.18. The van der Waals surface area contributed by atoms with Gasteiger partial charge in [-0.25, -0.2) is 9.59 Å².